The van der Waals surface area contributed by atoms with E-state index >= 15 is 0 Å². The molecule has 1 aromatic heterocycles. The van der Waals surface area contributed by atoms with Crippen molar-refractivity contribution in [3.05, 3.63) is 24.2 Å². The lowest BCUT2D eigenvalue weighted by Crippen LogP contribution is -2.41. The fourth-order valence-corrected chi connectivity index (χ4v) is 2.62. The molecule has 0 atom stereocenters. The molecule has 4 nitrogen and oxygen atoms in total. The number of furan rings is 1. The van der Waals surface area contributed by atoms with Crippen LogP contribution in [0.2, 0.25) is 0 Å². The van der Waals surface area contributed by atoms with Gasteiger partial charge in [0, 0.05) is 12.8 Å². The van der Waals surface area contributed by atoms with Crippen molar-refractivity contribution < 1.29 is 19.0 Å². The zero-order chi connectivity index (χ0) is 11.1. The van der Waals surface area contributed by atoms with Crippen molar-refractivity contribution in [3.8, 4) is 0 Å². The Morgan fingerprint density at radius 2 is 1.75 bits per heavy atom. The first-order valence-electron chi connectivity index (χ1n) is 5.77. The van der Waals surface area contributed by atoms with Gasteiger partial charge in [0.1, 0.15) is 11.4 Å². The maximum absolute atomic E-state index is 10.5. The van der Waals surface area contributed by atoms with Crippen molar-refractivity contribution in [2.45, 2.75) is 37.1 Å². The third kappa shape index (κ3) is 1.57. The van der Waals surface area contributed by atoms with E-state index in [9.17, 15) is 5.11 Å². The van der Waals surface area contributed by atoms with Gasteiger partial charge >= 0.3 is 0 Å². The number of rotatable bonds is 1. The normalized spacial score (nSPS) is 27.3. The van der Waals surface area contributed by atoms with E-state index in [-0.39, 0.29) is 0 Å². The van der Waals surface area contributed by atoms with Crippen LogP contribution in [0.1, 0.15) is 31.4 Å². The van der Waals surface area contributed by atoms with Crippen LogP contribution in [0.15, 0.2) is 22.8 Å². The van der Waals surface area contributed by atoms with E-state index in [1.54, 1.807) is 12.3 Å². The van der Waals surface area contributed by atoms with Gasteiger partial charge in [-0.15, -0.1) is 0 Å². The summed E-state index contributed by atoms with van der Waals surface area (Å²) >= 11 is 0. The lowest BCUT2D eigenvalue weighted by Gasteiger charge is -2.39. The van der Waals surface area contributed by atoms with E-state index in [4.69, 9.17) is 13.9 Å². The summed E-state index contributed by atoms with van der Waals surface area (Å²) in [5.74, 6) is 0.221. The van der Waals surface area contributed by atoms with E-state index < -0.39 is 11.4 Å². The van der Waals surface area contributed by atoms with Gasteiger partial charge in [0.25, 0.3) is 0 Å². The van der Waals surface area contributed by atoms with E-state index in [1.807, 2.05) is 6.07 Å². The highest BCUT2D eigenvalue weighted by atomic mass is 16.7. The Hall–Kier alpha value is -0.840. The number of hydrogen-bond acceptors (Lipinski definition) is 4. The number of ether oxygens (including phenoxy) is 2. The smallest absolute Gasteiger partial charge is 0.168 e. The lowest BCUT2D eigenvalue weighted by molar-refractivity contribution is -0.206. The molecular formula is C12H16O4. The first-order valence-corrected chi connectivity index (χ1v) is 5.77. The minimum Gasteiger partial charge on any atom is -0.466 e. The SMILES string of the molecule is OC1(c2ccco2)CCC2(CC1)OCCO2. The molecule has 2 fully saturated rings. The first-order chi connectivity index (χ1) is 7.73. The van der Waals surface area contributed by atoms with E-state index in [1.165, 1.54) is 0 Å². The summed E-state index contributed by atoms with van der Waals surface area (Å²) in [6.07, 6.45) is 4.30. The molecule has 1 aliphatic heterocycles. The molecule has 1 aromatic rings. The average molecular weight is 224 g/mol. The van der Waals surface area contributed by atoms with Gasteiger partial charge in [-0.3, -0.25) is 0 Å². The zero-order valence-corrected chi connectivity index (χ0v) is 9.15. The molecule has 1 saturated heterocycles. The summed E-state index contributed by atoms with van der Waals surface area (Å²) in [7, 11) is 0. The van der Waals surface area contributed by atoms with Crippen molar-refractivity contribution in [2.75, 3.05) is 13.2 Å². The Balaban J connectivity index is 1.74. The molecule has 0 unspecified atom stereocenters. The second-order valence-corrected chi connectivity index (χ2v) is 4.62. The van der Waals surface area contributed by atoms with Gasteiger partial charge in [0.05, 0.1) is 19.5 Å². The summed E-state index contributed by atoms with van der Waals surface area (Å²) in [4.78, 5) is 0. The molecule has 1 aliphatic carbocycles. The molecule has 1 saturated carbocycles. The van der Waals surface area contributed by atoms with Crippen LogP contribution in [0.5, 0.6) is 0 Å². The summed E-state index contributed by atoms with van der Waals surface area (Å²) < 4.78 is 16.6. The van der Waals surface area contributed by atoms with Crippen LogP contribution in [0, 0.1) is 0 Å². The fourth-order valence-electron chi connectivity index (χ4n) is 2.62. The molecule has 2 aliphatic rings. The van der Waals surface area contributed by atoms with Gasteiger partial charge < -0.3 is 19.0 Å². The molecule has 0 amide bonds. The Bertz CT molecular complexity index is 341. The van der Waals surface area contributed by atoms with Crippen LogP contribution >= 0.6 is 0 Å². The molecule has 16 heavy (non-hydrogen) atoms. The van der Waals surface area contributed by atoms with Gasteiger partial charge in [0.2, 0.25) is 0 Å². The maximum Gasteiger partial charge on any atom is 0.168 e. The van der Waals surface area contributed by atoms with Gasteiger partial charge in [0.15, 0.2) is 5.79 Å². The molecule has 0 bridgehead atoms. The van der Waals surface area contributed by atoms with Crippen LogP contribution in [0.4, 0.5) is 0 Å². The molecule has 2 heterocycles. The summed E-state index contributed by atoms with van der Waals surface area (Å²) in [5, 5.41) is 10.5. The monoisotopic (exact) mass is 224 g/mol. The van der Waals surface area contributed by atoms with Gasteiger partial charge in [-0.05, 0) is 25.0 Å². The van der Waals surface area contributed by atoms with Crippen molar-refractivity contribution in [2.24, 2.45) is 0 Å². The largest absolute Gasteiger partial charge is 0.466 e. The predicted octanol–water partition coefficient (Wildman–Crippen LogP) is 1.78. The Morgan fingerprint density at radius 1 is 1.06 bits per heavy atom. The highest BCUT2D eigenvalue weighted by Crippen LogP contribution is 2.44. The maximum atomic E-state index is 10.5. The highest BCUT2D eigenvalue weighted by molar-refractivity contribution is 5.11. The van der Waals surface area contributed by atoms with Crippen LogP contribution in [-0.2, 0) is 15.1 Å². The molecule has 1 spiro atoms. The molecule has 0 aromatic carbocycles. The molecule has 3 rings (SSSR count). The number of aliphatic hydroxyl groups is 1. The molecular weight excluding hydrogens is 208 g/mol. The van der Waals surface area contributed by atoms with E-state index in [2.05, 4.69) is 0 Å². The lowest BCUT2D eigenvalue weighted by atomic mass is 9.80. The molecule has 0 radical (unpaired) electrons. The molecule has 1 N–H and O–H groups in total. The molecule has 4 heteroatoms. The highest BCUT2D eigenvalue weighted by Gasteiger charge is 2.47. The topological polar surface area (TPSA) is 51.8 Å². The second-order valence-electron chi connectivity index (χ2n) is 4.62. The van der Waals surface area contributed by atoms with Crippen LogP contribution in [0.25, 0.3) is 0 Å². The zero-order valence-electron chi connectivity index (χ0n) is 9.15. The summed E-state index contributed by atoms with van der Waals surface area (Å²) in [6.45, 7) is 1.33. The minimum absolute atomic E-state index is 0.432. The van der Waals surface area contributed by atoms with Crippen molar-refractivity contribution >= 4 is 0 Å². The van der Waals surface area contributed by atoms with Crippen molar-refractivity contribution in [1.29, 1.82) is 0 Å². The van der Waals surface area contributed by atoms with Gasteiger partial charge in [-0.1, -0.05) is 0 Å². The first kappa shape index (κ1) is 10.3. The number of hydrogen-bond donors (Lipinski definition) is 1. The quantitative estimate of drug-likeness (QED) is 0.790. The second kappa shape index (κ2) is 3.58. The third-order valence-electron chi connectivity index (χ3n) is 3.63. The summed E-state index contributed by atoms with van der Waals surface area (Å²) in [6, 6.07) is 3.63. The van der Waals surface area contributed by atoms with Gasteiger partial charge in [-0.2, -0.15) is 0 Å². The predicted molar refractivity (Wildman–Crippen MR) is 55.7 cm³/mol. The van der Waals surface area contributed by atoms with E-state index in [0.29, 0.717) is 31.8 Å². The average Bonchev–Trinajstić information content (AvgIpc) is 2.96. The van der Waals surface area contributed by atoms with Crippen LogP contribution < -0.4 is 0 Å². The Kier molecular flexibility index (Phi) is 2.31. The van der Waals surface area contributed by atoms with Crippen LogP contribution in [-0.4, -0.2) is 24.1 Å². The van der Waals surface area contributed by atoms with Crippen molar-refractivity contribution in [3.63, 3.8) is 0 Å². The minimum atomic E-state index is -0.843. The van der Waals surface area contributed by atoms with Gasteiger partial charge in [-0.25, -0.2) is 0 Å². The Labute approximate surface area is 94.2 Å². The Morgan fingerprint density at radius 3 is 2.31 bits per heavy atom. The summed E-state index contributed by atoms with van der Waals surface area (Å²) in [5.41, 5.74) is -0.843. The van der Waals surface area contributed by atoms with Crippen molar-refractivity contribution in [1.82, 2.24) is 0 Å². The van der Waals surface area contributed by atoms with E-state index in [0.717, 1.165) is 12.8 Å². The standard InChI is InChI=1S/C12H16O4/c13-11(10-2-1-7-14-10)3-5-12(6-4-11)15-8-9-16-12/h1-2,7,13H,3-6,8-9H2. The third-order valence-corrected chi connectivity index (χ3v) is 3.63. The molecule has 88 valence electrons. The fraction of sp³-hybridized carbons (Fsp3) is 0.667. The van der Waals surface area contributed by atoms with Crippen LogP contribution in [0.3, 0.4) is 0 Å².